The van der Waals surface area contributed by atoms with Crippen molar-refractivity contribution >= 4 is 24.0 Å². The molecule has 3 N–H and O–H groups in total. The van der Waals surface area contributed by atoms with Crippen molar-refractivity contribution in [3.05, 3.63) is 29.8 Å². The lowest BCUT2D eigenvalue weighted by Crippen LogP contribution is -2.44. The summed E-state index contributed by atoms with van der Waals surface area (Å²) in [5.74, 6) is 0.135. The van der Waals surface area contributed by atoms with Gasteiger partial charge >= 0.3 is 0 Å². The Morgan fingerprint density at radius 1 is 1.43 bits per heavy atom. The van der Waals surface area contributed by atoms with E-state index in [0.717, 1.165) is 38.0 Å². The van der Waals surface area contributed by atoms with Crippen LogP contribution in [0, 0.1) is 5.41 Å². The number of likely N-dealkylation sites (tertiary alicyclic amines) is 1. The van der Waals surface area contributed by atoms with Gasteiger partial charge < -0.3 is 11.1 Å². The molecule has 116 valence electrons. The molecule has 5 heteroatoms. The molecule has 0 aromatic heterocycles. The molecule has 2 heterocycles. The second-order valence-corrected chi connectivity index (χ2v) is 6.44. The van der Waals surface area contributed by atoms with Crippen LogP contribution in [0.1, 0.15) is 25.3 Å². The number of benzene rings is 1. The van der Waals surface area contributed by atoms with Gasteiger partial charge in [-0.05, 0) is 49.4 Å². The van der Waals surface area contributed by atoms with E-state index in [4.69, 9.17) is 5.73 Å². The summed E-state index contributed by atoms with van der Waals surface area (Å²) in [6.07, 6.45) is 2.93. The van der Waals surface area contributed by atoms with Gasteiger partial charge in [-0.2, -0.15) is 0 Å². The lowest BCUT2D eigenvalue weighted by Gasteiger charge is -2.27. The summed E-state index contributed by atoms with van der Waals surface area (Å²) in [7, 11) is 0. The van der Waals surface area contributed by atoms with Crippen LogP contribution in [0.2, 0.25) is 0 Å². The summed E-state index contributed by atoms with van der Waals surface area (Å²) < 4.78 is 0. The van der Waals surface area contributed by atoms with E-state index >= 15 is 0 Å². The second-order valence-electron chi connectivity index (χ2n) is 6.44. The van der Waals surface area contributed by atoms with E-state index < -0.39 is 0 Å². The zero-order valence-corrected chi connectivity index (χ0v) is 13.3. The molecule has 0 saturated carbocycles. The van der Waals surface area contributed by atoms with E-state index in [-0.39, 0.29) is 29.8 Å². The van der Waals surface area contributed by atoms with Crippen LogP contribution in [0.3, 0.4) is 0 Å². The summed E-state index contributed by atoms with van der Waals surface area (Å²) in [6, 6.07) is 8.08. The van der Waals surface area contributed by atoms with Gasteiger partial charge in [0.05, 0.1) is 6.04 Å². The van der Waals surface area contributed by atoms with E-state index in [1.165, 1.54) is 5.56 Å². The number of fused-ring (bicyclic) bond motifs is 1. The zero-order valence-electron chi connectivity index (χ0n) is 12.5. The highest BCUT2D eigenvalue weighted by atomic mass is 35.5. The number of carbonyl (C=O) groups excluding carboxylic acids is 1. The summed E-state index contributed by atoms with van der Waals surface area (Å²) in [5.41, 5.74) is 8.25. The maximum absolute atomic E-state index is 12.5. The number of amides is 1. The molecule has 4 nitrogen and oxygen atoms in total. The predicted molar refractivity (Wildman–Crippen MR) is 87.8 cm³/mol. The van der Waals surface area contributed by atoms with Gasteiger partial charge in [0.25, 0.3) is 0 Å². The van der Waals surface area contributed by atoms with Gasteiger partial charge in [-0.1, -0.05) is 25.1 Å². The Labute approximate surface area is 132 Å². The molecular weight excluding hydrogens is 286 g/mol. The highest BCUT2D eigenvalue weighted by Gasteiger charge is 2.38. The fourth-order valence-electron chi connectivity index (χ4n) is 3.34. The first kappa shape index (κ1) is 16.3. The van der Waals surface area contributed by atoms with Crippen molar-refractivity contribution in [2.24, 2.45) is 11.1 Å². The van der Waals surface area contributed by atoms with Gasteiger partial charge in [-0.3, -0.25) is 9.69 Å². The SMILES string of the molecule is CC1(CN)CCN(C2CCc3ccccc3NC2=O)C1.Cl. The quantitative estimate of drug-likeness (QED) is 0.879. The molecule has 0 aliphatic carbocycles. The number of hydrogen-bond donors (Lipinski definition) is 2. The molecule has 0 bridgehead atoms. The third kappa shape index (κ3) is 3.23. The van der Waals surface area contributed by atoms with Gasteiger partial charge in [0.2, 0.25) is 5.91 Å². The third-order valence-electron chi connectivity index (χ3n) is 4.79. The average molecular weight is 310 g/mol. The molecule has 21 heavy (non-hydrogen) atoms. The molecule has 2 unspecified atom stereocenters. The topological polar surface area (TPSA) is 58.4 Å². The van der Waals surface area contributed by atoms with Gasteiger partial charge in [0, 0.05) is 12.2 Å². The molecule has 1 amide bonds. The Hall–Kier alpha value is -1.10. The lowest BCUT2D eigenvalue weighted by atomic mass is 9.90. The van der Waals surface area contributed by atoms with Crippen molar-refractivity contribution in [2.75, 3.05) is 25.0 Å². The molecule has 2 aliphatic rings. The van der Waals surface area contributed by atoms with E-state index in [1.807, 2.05) is 18.2 Å². The number of para-hydroxylation sites is 1. The molecular formula is C16H24ClN3O. The lowest BCUT2D eigenvalue weighted by molar-refractivity contribution is -0.121. The van der Waals surface area contributed by atoms with Crippen LogP contribution in [-0.2, 0) is 11.2 Å². The van der Waals surface area contributed by atoms with Crippen molar-refractivity contribution in [1.82, 2.24) is 4.90 Å². The Bertz CT molecular complexity index is 522. The number of nitrogens with one attached hydrogen (secondary N) is 1. The summed E-state index contributed by atoms with van der Waals surface area (Å²) in [6.45, 7) is 4.81. The highest BCUT2D eigenvalue weighted by Crippen LogP contribution is 2.32. The van der Waals surface area contributed by atoms with Crippen molar-refractivity contribution in [2.45, 2.75) is 32.2 Å². The Kier molecular flexibility index (Phi) is 4.91. The van der Waals surface area contributed by atoms with Crippen molar-refractivity contribution in [3.63, 3.8) is 0 Å². The molecule has 1 aromatic rings. The largest absolute Gasteiger partial charge is 0.330 e. The van der Waals surface area contributed by atoms with Crippen LogP contribution >= 0.6 is 12.4 Å². The number of hydrogen-bond acceptors (Lipinski definition) is 3. The molecule has 2 aliphatic heterocycles. The molecule has 0 spiro atoms. The summed E-state index contributed by atoms with van der Waals surface area (Å²) in [4.78, 5) is 14.8. The Morgan fingerprint density at radius 3 is 2.90 bits per heavy atom. The summed E-state index contributed by atoms with van der Waals surface area (Å²) >= 11 is 0. The number of halogens is 1. The number of carbonyl (C=O) groups is 1. The number of anilines is 1. The standard InChI is InChI=1S/C16H23N3O.ClH/c1-16(10-17)8-9-19(11-16)14-7-6-12-4-2-3-5-13(12)18-15(14)20;/h2-5,14H,6-11,17H2,1H3,(H,18,20);1H. The Morgan fingerprint density at radius 2 is 2.19 bits per heavy atom. The van der Waals surface area contributed by atoms with Crippen LogP contribution < -0.4 is 11.1 Å². The minimum atomic E-state index is -0.0178. The Balaban J connectivity index is 0.00000161. The van der Waals surface area contributed by atoms with Crippen LogP contribution in [0.4, 0.5) is 5.69 Å². The number of aryl methyl sites for hydroxylation is 1. The highest BCUT2D eigenvalue weighted by molar-refractivity contribution is 5.96. The van der Waals surface area contributed by atoms with Crippen LogP contribution in [-0.4, -0.2) is 36.5 Å². The van der Waals surface area contributed by atoms with E-state index in [0.29, 0.717) is 6.54 Å². The van der Waals surface area contributed by atoms with Crippen LogP contribution in [0.25, 0.3) is 0 Å². The van der Waals surface area contributed by atoms with Crippen LogP contribution in [0.5, 0.6) is 0 Å². The van der Waals surface area contributed by atoms with Crippen molar-refractivity contribution in [3.8, 4) is 0 Å². The predicted octanol–water partition coefficient (Wildman–Crippen LogP) is 2.03. The molecule has 1 fully saturated rings. The second kappa shape index (κ2) is 6.34. The number of nitrogens with zero attached hydrogens (tertiary/aromatic N) is 1. The minimum Gasteiger partial charge on any atom is -0.330 e. The van der Waals surface area contributed by atoms with Gasteiger partial charge in [0.15, 0.2) is 0 Å². The molecule has 1 saturated heterocycles. The molecule has 2 atom stereocenters. The first-order valence-electron chi connectivity index (χ1n) is 7.44. The first-order chi connectivity index (χ1) is 9.61. The minimum absolute atomic E-state index is 0. The van der Waals surface area contributed by atoms with Crippen LogP contribution in [0.15, 0.2) is 24.3 Å². The van der Waals surface area contributed by atoms with Gasteiger partial charge in [-0.25, -0.2) is 0 Å². The smallest absolute Gasteiger partial charge is 0.241 e. The van der Waals surface area contributed by atoms with E-state index in [1.54, 1.807) is 0 Å². The third-order valence-corrected chi connectivity index (χ3v) is 4.79. The fraction of sp³-hybridized carbons (Fsp3) is 0.562. The molecule has 0 radical (unpaired) electrons. The first-order valence-corrected chi connectivity index (χ1v) is 7.44. The van der Waals surface area contributed by atoms with E-state index in [2.05, 4.69) is 23.2 Å². The maximum Gasteiger partial charge on any atom is 0.241 e. The average Bonchev–Trinajstić information content (AvgIpc) is 2.75. The van der Waals surface area contributed by atoms with Gasteiger partial charge in [0.1, 0.15) is 0 Å². The van der Waals surface area contributed by atoms with Crippen molar-refractivity contribution < 1.29 is 4.79 Å². The van der Waals surface area contributed by atoms with Gasteiger partial charge in [-0.15, -0.1) is 12.4 Å². The zero-order chi connectivity index (χ0) is 14.2. The number of rotatable bonds is 2. The summed E-state index contributed by atoms with van der Waals surface area (Å²) in [5, 5.41) is 3.08. The monoisotopic (exact) mass is 309 g/mol. The fourth-order valence-corrected chi connectivity index (χ4v) is 3.34. The van der Waals surface area contributed by atoms with Crippen molar-refractivity contribution in [1.29, 1.82) is 0 Å². The van der Waals surface area contributed by atoms with E-state index in [9.17, 15) is 4.79 Å². The maximum atomic E-state index is 12.5. The normalized spacial score (nSPS) is 29.2. The molecule has 1 aromatic carbocycles. The molecule has 3 rings (SSSR count). The number of nitrogens with two attached hydrogens (primary N) is 1.